The normalized spacial score (nSPS) is 12.5. The molecule has 0 bridgehead atoms. The van der Waals surface area contributed by atoms with E-state index >= 15 is 0 Å². The number of furan rings is 1. The van der Waals surface area contributed by atoms with Gasteiger partial charge in [-0.3, -0.25) is 5.32 Å². The summed E-state index contributed by atoms with van der Waals surface area (Å²) in [7, 11) is 0. The van der Waals surface area contributed by atoms with Gasteiger partial charge in [0.25, 0.3) is 0 Å². The summed E-state index contributed by atoms with van der Waals surface area (Å²) in [4.78, 5) is 1.15. The summed E-state index contributed by atoms with van der Waals surface area (Å²) in [6, 6.07) is 16.1. The number of rotatable bonds is 5. The Labute approximate surface area is 140 Å². The summed E-state index contributed by atoms with van der Waals surface area (Å²) >= 11 is 11.1. The number of hydrogen-bond donors (Lipinski definition) is 1. The lowest BCUT2D eigenvalue weighted by Gasteiger charge is -2.15. The fourth-order valence-corrected chi connectivity index (χ4v) is 3.51. The Kier molecular flexibility index (Phi) is 4.80. The Balaban J connectivity index is 1.78. The minimum absolute atomic E-state index is 0.0150. The van der Waals surface area contributed by atoms with Gasteiger partial charge in [0, 0.05) is 15.9 Å². The molecule has 1 aromatic carbocycles. The van der Waals surface area contributed by atoms with Crippen LogP contribution in [0.15, 0.2) is 63.7 Å². The van der Waals surface area contributed by atoms with Crippen LogP contribution in [0.2, 0.25) is 4.34 Å². The highest BCUT2D eigenvalue weighted by molar-refractivity contribution is 9.10. The fourth-order valence-electron chi connectivity index (χ4n) is 2.10. The molecule has 5 heteroatoms. The van der Waals surface area contributed by atoms with E-state index in [1.807, 2.05) is 36.4 Å². The third-order valence-corrected chi connectivity index (χ3v) is 4.95. The Morgan fingerprint density at radius 2 is 1.95 bits per heavy atom. The molecule has 0 aliphatic rings. The Bertz CT molecular complexity index is 693. The van der Waals surface area contributed by atoms with E-state index in [4.69, 9.17) is 16.0 Å². The van der Waals surface area contributed by atoms with Crippen molar-refractivity contribution in [3.8, 4) is 0 Å². The van der Waals surface area contributed by atoms with Gasteiger partial charge in [0.1, 0.15) is 11.8 Å². The van der Waals surface area contributed by atoms with Gasteiger partial charge in [-0.05, 0) is 42.0 Å². The van der Waals surface area contributed by atoms with Gasteiger partial charge in [-0.1, -0.05) is 39.7 Å². The van der Waals surface area contributed by atoms with Crippen molar-refractivity contribution >= 4 is 38.9 Å². The molecule has 3 rings (SSSR count). The van der Waals surface area contributed by atoms with E-state index in [-0.39, 0.29) is 6.04 Å². The predicted molar refractivity (Wildman–Crippen MR) is 90.9 cm³/mol. The molecule has 1 atom stereocenters. The van der Waals surface area contributed by atoms with E-state index < -0.39 is 0 Å². The van der Waals surface area contributed by atoms with Crippen molar-refractivity contribution in [1.29, 1.82) is 0 Å². The van der Waals surface area contributed by atoms with Gasteiger partial charge in [0.2, 0.25) is 0 Å². The quantitative estimate of drug-likeness (QED) is 0.618. The van der Waals surface area contributed by atoms with Crippen molar-refractivity contribution in [2.24, 2.45) is 0 Å². The molecule has 1 unspecified atom stereocenters. The zero-order valence-corrected chi connectivity index (χ0v) is 14.2. The van der Waals surface area contributed by atoms with Gasteiger partial charge in [0.15, 0.2) is 0 Å². The van der Waals surface area contributed by atoms with Crippen LogP contribution in [-0.2, 0) is 6.54 Å². The second kappa shape index (κ2) is 6.79. The summed E-state index contributed by atoms with van der Waals surface area (Å²) in [6.45, 7) is 0.758. The summed E-state index contributed by atoms with van der Waals surface area (Å²) in [5.41, 5.74) is 1.22. The molecule has 3 aromatic rings. The van der Waals surface area contributed by atoms with Crippen LogP contribution in [0.25, 0.3) is 0 Å². The smallest absolute Gasteiger partial charge is 0.126 e. The highest BCUT2D eigenvalue weighted by Crippen LogP contribution is 2.31. The third kappa shape index (κ3) is 3.77. The SMILES string of the molecule is Clc1ccc(C(NCc2ccc(Br)cc2)c2ccco2)s1. The van der Waals surface area contributed by atoms with Crippen molar-refractivity contribution in [3.05, 3.63) is 79.8 Å². The molecule has 0 aliphatic heterocycles. The third-order valence-electron chi connectivity index (χ3n) is 3.13. The van der Waals surface area contributed by atoms with Crippen molar-refractivity contribution < 1.29 is 4.42 Å². The van der Waals surface area contributed by atoms with Crippen molar-refractivity contribution in [2.45, 2.75) is 12.6 Å². The van der Waals surface area contributed by atoms with Crippen LogP contribution in [0.5, 0.6) is 0 Å². The second-order valence-electron chi connectivity index (χ2n) is 4.60. The van der Waals surface area contributed by atoms with Gasteiger partial charge in [-0.15, -0.1) is 11.3 Å². The molecule has 0 spiro atoms. The molecule has 0 radical (unpaired) electrons. The van der Waals surface area contributed by atoms with Crippen LogP contribution in [0.1, 0.15) is 22.2 Å². The van der Waals surface area contributed by atoms with E-state index in [2.05, 4.69) is 33.4 Å². The zero-order valence-electron chi connectivity index (χ0n) is 11.1. The van der Waals surface area contributed by atoms with Crippen molar-refractivity contribution in [3.63, 3.8) is 0 Å². The molecule has 2 heterocycles. The zero-order chi connectivity index (χ0) is 14.7. The minimum atomic E-state index is 0.0150. The second-order valence-corrected chi connectivity index (χ2v) is 7.26. The predicted octanol–water partition coefficient (Wildman–Crippen LogP) is 5.64. The average molecular weight is 383 g/mol. The van der Waals surface area contributed by atoms with E-state index in [9.17, 15) is 0 Å². The number of thiophene rings is 1. The molecule has 2 nitrogen and oxygen atoms in total. The van der Waals surface area contributed by atoms with Crippen LogP contribution < -0.4 is 5.32 Å². The minimum Gasteiger partial charge on any atom is -0.467 e. The first-order valence-electron chi connectivity index (χ1n) is 6.49. The fraction of sp³-hybridized carbons (Fsp3) is 0.125. The van der Waals surface area contributed by atoms with E-state index in [0.717, 1.165) is 26.0 Å². The maximum atomic E-state index is 6.06. The van der Waals surface area contributed by atoms with E-state index in [1.165, 1.54) is 5.56 Å². The standard InChI is InChI=1S/C16H13BrClNOS/c17-12-5-3-11(4-6-12)10-19-16(13-2-1-9-20-13)14-7-8-15(18)21-14/h1-9,16,19H,10H2. The van der Waals surface area contributed by atoms with Crippen molar-refractivity contribution in [2.75, 3.05) is 0 Å². The van der Waals surface area contributed by atoms with Crippen LogP contribution >= 0.6 is 38.9 Å². The largest absolute Gasteiger partial charge is 0.467 e. The molecular weight excluding hydrogens is 370 g/mol. The van der Waals surface area contributed by atoms with Crippen LogP contribution in [0.3, 0.4) is 0 Å². The van der Waals surface area contributed by atoms with Gasteiger partial charge in [-0.25, -0.2) is 0 Å². The van der Waals surface area contributed by atoms with Crippen LogP contribution in [0, 0.1) is 0 Å². The van der Waals surface area contributed by atoms with Crippen LogP contribution in [-0.4, -0.2) is 0 Å². The number of benzene rings is 1. The summed E-state index contributed by atoms with van der Waals surface area (Å²) in [5.74, 6) is 0.894. The van der Waals surface area contributed by atoms with Crippen molar-refractivity contribution in [1.82, 2.24) is 5.32 Å². The highest BCUT2D eigenvalue weighted by Gasteiger charge is 2.18. The average Bonchev–Trinajstić information content (AvgIpc) is 3.13. The molecule has 108 valence electrons. The molecule has 0 fully saturated rings. The first-order chi connectivity index (χ1) is 10.2. The van der Waals surface area contributed by atoms with Crippen LogP contribution in [0.4, 0.5) is 0 Å². The Hall–Kier alpha value is -1.07. The Morgan fingerprint density at radius 1 is 1.14 bits per heavy atom. The summed E-state index contributed by atoms with van der Waals surface area (Å²) < 4.78 is 7.43. The van der Waals surface area contributed by atoms with Gasteiger partial charge in [0.05, 0.1) is 10.6 Å². The number of nitrogens with one attached hydrogen (secondary N) is 1. The van der Waals surface area contributed by atoms with Gasteiger partial charge >= 0.3 is 0 Å². The molecule has 2 aromatic heterocycles. The summed E-state index contributed by atoms with van der Waals surface area (Å²) in [6.07, 6.45) is 1.69. The first-order valence-corrected chi connectivity index (χ1v) is 8.47. The molecular formula is C16H13BrClNOS. The first kappa shape index (κ1) is 14.9. The number of hydrogen-bond acceptors (Lipinski definition) is 3. The van der Waals surface area contributed by atoms with Gasteiger partial charge < -0.3 is 4.42 Å². The lowest BCUT2D eigenvalue weighted by Crippen LogP contribution is -2.20. The maximum Gasteiger partial charge on any atom is 0.126 e. The molecule has 0 saturated carbocycles. The maximum absolute atomic E-state index is 6.06. The lowest BCUT2D eigenvalue weighted by molar-refractivity contribution is 0.449. The molecule has 0 aliphatic carbocycles. The molecule has 21 heavy (non-hydrogen) atoms. The Morgan fingerprint density at radius 3 is 2.57 bits per heavy atom. The topological polar surface area (TPSA) is 25.2 Å². The van der Waals surface area contributed by atoms with E-state index in [1.54, 1.807) is 17.6 Å². The molecule has 1 N–H and O–H groups in total. The molecule has 0 amide bonds. The monoisotopic (exact) mass is 381 g/mol. The molecule has 0 saturated heterocycles. The van der Waals surface area contributed by atoms with E-state index in [0.29, 0.717) is 0 Å². The van der Waals surface area contributed by atoms with Gasteiger partial charge in [-0.2, -0.15) is 0 Å². The summed E-state index contributed by atoms with van der Waals surface area (Å²) in [5, 5.41) is 3.53. The number of halogens is 2. The lowest BCUT2D eigenvalue weighted by atomic mass is 10.1. The highest BCUT2D eigenvalue weighted by atomic mass is 79.9.